The average molecular weight is 345 g/mol. The van der Waals surface area contributed by atoms with E-state index in [1.165, 1.54) is 12.8 Å². The molecule has 0 bridgehead atoms. The molecule has 5 heteroatoms. The fourth-order valence-corrected chi connectivity index (χ4v) is 3.86. The maximum Gasteiger partial charge on any atom is 0.222 e. The number of nitrogens with one attached hydrogen (secondary N) is 1. The van der Waals surface area contributed by atoms with E-state index in [0.29, 0.717) is 24.8 Å². The molecule has 0 spiro atoms. The third kappa shape index (κ3) is 5.53. The van der Waals surface area contributed by atoms with Gasteiger partial charge in [0.1, 0.15) is 0 Å². The molecule has 2 aliphatic heterocycles. The minimum atomic E-state index is -0.455. The first kappa shape index (κ1) is 18.4. The van der Waals surface area contributed by atoms with Crippen LogP contribution in [0.1, 0.15) is 37.4 Å². The fourth-order valence-electron chi connectivity index (χ4n) is 3.86. The summed E-state index contributed by atoms with van der Waals surface area (Å²) in [4.78, 5) is 16.7. The predicted molar refractivity (Wildman–Crippen MR) is 99.2 cm³/mol. The summed E-state index contributed by atoms with van der Waals surface area (Å²) in [7, 11) is 0. The van der Waals surface area contributed by atoms with E-state index < -0.39 is 6.10 Å². The van der Waals surface area contributed by atoms with Crippen LogP contribution >= 0.6 is 0 Å². The molecular weight excluding hydrogens is 314 g/mol. The molecule has 2 heterocycles. The number of amides is 1. The summed E-state index contributed by atoms with van der Waals surface area (Å²) in [5.41, 5.74) is 0.961. The molecule has 1 amide bonds. The second-order valence-electron chi connectivity index (χ2n) is 7.34. The molecule has 1 aromatic rings. The Bertz CT molecular complexity index is 523. The number of carbonyl (C=O) groups is 1. The van der Waals surface area contributed by atoms with Crippen LogP contribution in [0.3, 0.4) is 0 Å². The first-order chi connectivity index (χ1) is 12.2. The maximum absolute atomic E-state index is 12.4. The van der Waals surface area contributed by atoms with E-state index in [0.717, 1.165) is 51.3 Å². The highest BCUT2D eigenvalue weighted by atomic mass is 16.3. The lowest BCUT2D eigenvalue weighted by Gasteiger charge is -2.36. The number of piperidine rings is 1. The van der Waals surface area contributed by atoms with Crippen LogP contribution in [-0.4, -0.2) is 66.6 Å². The number of hydrogen-bond acceptors (Lipinski definition) is 4. The lowest BCUT2D eigenvalue weighted by Crippen LogP contribution is -2.49. The van der Waals surface area contributed by atoms with Crippen LogP contribution in [0.2, 0.25) is 0 Å². The average Bonchev–Trinajstić information content (AvgIpc) is 2.68. The van der Waals surface area contributed by atoms with Gasteiger partial charge in [0, 0.05) is 39.1 Å². The van der Waals surface area contributed by atoms with Crippen LogP contribution in [0.5, 0.6) is 0 Å². The van der Waals surface area contributed by atoms with Crippen molar-refractivity contribution < 1.29 is 9.90 Å². The van der Waals surface area contributed by atoms with E-state index in [1.807, 2.05) is 35.2 Å². The molecule has 2 aliphatic rings. The van der Waals surface area contributed by atoms with Crippen molar-refractivity contribution in [3.8, 4) is 0 Å². The van der Waals surface area contributed by atoms with Crippen molar-refractivity contribution in [3.05, 3.63) is 35.9 Å². The summed E-state index contributed by atoms with van der Waals surface area (Å²) in [5.74, 6) is 1.02. The third-order valence-corrected chi connectivity index (χ3v) is 5.57. The van der Waals surface area contributed by atoms with E-state index in [1.54, 1.807) is 0 Å². The van der Waals surface area contributed by atoms with Crippen molar-refractivity contribution in [2.45, 2.75) is 31.8 Å². The van der Waals surface area contributed by atoms with Crippen molar-refractivity contribution in [2.24, 2.45) is 5.92 Å². The Morgan fingerprint density at radius 1 is 1.12 bits per heavy atom. The van der Waals surface area contributed by atoms with Gasteiger partial charge in [0.15, 0.2) is 0 Å². The molecule has 5 nitrogen and oxygen atoms in total. The van der Waals surface area contributed by atoms with Crippen molar-refractivity contribution in [3.63, 3.8) is 0 Å². The van der Waals surface area contributed by atoms with Gasteiger partial charge >= 0.3 is 0 Å². The summed E-state index contributed by atoms with van der Waals surface area (Å²) in [5, 5.41) is 13.7. The van der Waals surface area contributed by atoms with Gasteiger partial charge in [-0.3, -0.25) is 9.69 Å². The quantitative estimate of drug-likeness (QED) is 0.823. The summed E-state index contributed by atoms with van der Waals surface area (Å²) >= 11 is 0. The normalized spacial score (nSPS) is 21.2. The Morgan fingerprint density at radius 2 is 1.80 bits per heavy atom. The van der Waals surface area contributed by atoms with E-state index in [-0.39, 0.29) is 0 Å². The highest BCUT2D eigenvalue weighted by molar-refractivity contribution is 5.76. The Morgan fingerprint density at radius 3 is 2.48 bits per heavy atom. The molecule has 1 atom stereocenters. The van der Waals surface area contributed by atoms with Gasteiger partial charge in [-0.2, -0.15) is 0 Å². The van der Waals surface area contributed by atoms with Gasteiger partial charge in [-0.1, -0.05) is 30.3 Å². The van der Waals surface area contributed by atoms with Crippen LogP contribution in [0.4, 0.5) is 0 Å². The number of rotatable bonds is 6. The Labute approximate surface area is 151 Å². The Hall–Kier alpha value is -1.43. The maximum atomic E-state index is 12.4. The minimum absolute atomic E-state index is 0.307. The number of hydrogen-bond donors (Lipinski definition) is 2. The highest BCUT2D eigenvalue weighted by Gasteiger charge is 2.23. The van der Waals surface area contributed by atoms with Crippen LogP contribution in [0.25, 0.3) is 0 Å². The van der Waals surface area contributed by atoms with E-state index in [9.17, 15) is 9.90 Å². The molecule has 1 unspecified atom stereocenters. The van der Waals surface area contributed by atoms with Gasteiger partial charge in [-0.05, 0) is 43.8 Å². The smallest absolute Gasteiger partial charge is 0.222 e. The van der Waals surface area contributed by atoms with Crippen molar-refractivity contribution in [1.29, 1.82) is 0 Å². The minimum Gasteiger partial charge on any atom is -0.387 e. The molecule has 0 aliphatic carbocycles. The zero-order chi connectivity index (χ0) is 17.5. The zero-order valence-corrected chi connectivity index (χ0v) is 15.1. The van der Waals surface area contributed by atoms with Crippen molar-refractivity contribution in [2.75, 3.05) is 45.8 Å². The lowest BCUT2D eigenvalue weighted by molar-refractivity contribution is -0.133. The number of benzene rings is 1. The van der Waals surface area contributed by atoms with Crippen LogP contribution in [-0.2, 0) is 4.79 Å². The van der Waals surface area contributed by atoms with Gasteiger partial charge < -0.3 is 15.3 Å². The van der Waals surface area contributed by atoms with Crippen LogP contribution in [0, 0.1) is 5.92 Å². The largest absolute Gasteiger partial charge is 0.387 e. The molecule has 0 aromatic heterocycles. The summed E-state index contributed by atoms with van der Waals surface area (Å²) in [6.07, 6.45) is 3.69. The fraction of sp³-hybridized carbons (Fsp3) is 0.650. The predicted octanol–water partition coefficient (Wildman–Crippen LogP) is 1.64. The topological polar surface area (TPSA) is 55.8 Å². The molecule has 1 aromatic carbocycles. The van der Waals surface area contributed by atoms with E-state index >= 15 is 0 Å². The molecule has 138 valence electrons. The summed E-state index contributed by atoms with van der Waals surface area (Å²) < 4.78 is 0. The molecule has 2 saturated heterocycles. The Balaban J connectivity index is 1.37. The zero-order valence-electron chi connectivity index (χ0n) is 15.1. The number of piperazine rings is 1. The first-order valence-electron chi connectivity index (χ1n) is 9.66. The highest BCUT2D eigenvalue weighted by Crippen LogP contribution is 2.19. The lowest BCUT2D eigenvalue weighted by atomic mass is 9.93. The molecule has 2 fully saturated rings. The molecule has 3 rings (SSSR count). The number of aliphatic hydroxyl groups is 1. The standard InChI is InChI=1S/C20H31N3O2/c24-19(18-4-2-1-3-5-18)16-22-12-14-23(15-13-22)20(25)7-6-17-8-10-21-11-9-17/h1-5,17,19,21,24H,6-16H2. The summed E-state index contributed by atoms with van der Waals surface area (Å²) in [6, 6.07) is 9.80. The van der Waals surface area contributed by atoms with Crippen LogP contribution < -0.4 is 5.32 Å². The van der Waals surface area contributed by atoms with E-state index in [4.69, 9.17) is 0 Å². The number of aliphatic hydroxyl groups excluding tert-OH is 1. The second-order valence-corrected chi connectivity index (χ2v) is 7.34. The monoisotopic (exact) mass is 345 g/mol. The molecule has 25 heavy (non-hydrogen) atoms. The van der Waals surface area contributed by atoms with Crippen molar-refractivity contribution >= 4 is 5.91 Å². The molecule has 2 N–H and O–H groups in total. The van der Waals surface area contributed by atoms with Gasteiger partial charge in [-0.25, -0.2) is 0 Å². The van der Waals surface area contributed by atoms with Crippen molar-refractivity contribution in [1.82, 2.24) is 15.1 Å². The number of β-amino-alcohol motifs (C(OH)–C–C–N with tert-alkyl or cyclic N) is 1. The number of carbonyl (C=O) groups excluding carboxylic acids is 1. The van der Waals surface area contributed by atoms with E-state index in [2.05, 4.69) is 10.2 Å². The number of nitrogens with zero attached hydrogens (tertiary/aromatic N) is 2. The molecule has 0 saturated carbocycles. The van der Waals surface area contributed by atoms with Crippen LogP contribution in [0.15, 0.2) is 30.3 Å². The van der Waals surface area contributed by atoms with Gasteiger partial charge in [0.2, 0.25) is 5.91 Å². The first-order valence-corrected chi connectivity index (χ1v) is 9.66. The summed E-state index contributed by atoms with van der Waals surface area (Å²) in [6.45, 7) is 6.11. The SMILES string of the molecule is O=C(CCC1CCNCC1)N1CCN(CC(O)c2ccccc2)CC1. The van der Waals surface area contributed by atoms with Gasteiger partial charge in [-0.15, -0.1) is 0 Å². The van der Waals surface area contributed by atoms with Gasteiger partial charge in [0.25, 0.3) is 0 Å². The molecular formula is C20H31N3O2. The Kier molecular flexibility index (Phi) is 6.84. The third-order valence-electron chi connectivity index (χ3n) is 5.57. The molecule has 0 radical (unpaired) electrons. The van der Waals surface area contributed by atoms with Gasteiger partial charge in [0.05, 0.1) is 6.10 Å². The second kappa shape index (κ2) is 9.32.